The maximum atomic E-state index is 13.8. The Bertz CT molecular complexity index is 806. The number of H-pyrrole nitrogens is 1. The van der Waals surface area contributed by atoms with Gasteiger partial charge in [-0.15, -0.1) is 0 Å². The highest BCUT2D eigenvalue weighted by Gasteiger charge is 2.17. The number of aromatic nitrogens is 1. The maximum Gasteiger partial charge on any atom is 0.152 e. The molecule has 0 unspecified atom stereocenters. The quantitative estimate of drug-likeness (QED) is 0.703. The lowest BCUT2D eigenvalue weighted by molar-refractivity contribution is 0.112. The van der Waals surface area contributed by atoms with E-state index in [9.17, 15) is 18.0 Å². The second-order valence-electron chi connectivity index (χ2n) is 4.35. The predicted octanol–water partition coefficient (Wildman–Crippen LogP) is 4.06. The fourth-order valence-corrected chi connectivity index (χ4v) is 2.24. The summed E-state index contributed by atoms with van der Waals surface area (Å²) in [4.78, 5) is 14.0. The number of rotatable bonds is 2. The van der Waals surface area contributed by atoms with Crippen molar-refractivity contribution in [1.29, 1.82) is 0 Å². The number of nitrogens with one attached hydrogen (secondary N) is 1. The predicted molar refractivity (Wildman–Crippen MR) is 69.0 cm³/mol. The molecule has 5 heteroatoms. The summed E-state index contributed by atoms with van der Waals surface area (Å²) >= 11 is 0. The zero-order valence-corrected chi connectivity index (χ0v) is 10.1. The second-order valence-corrected chi connectivity index (χ2v) is 4.35. The zero-order chi connectivity index (χ0) is 14.3. The molecule has 1 aromatic heterocycles. The Labute approximate surface area is 111 Å². The van der Waals surface area contributed by atoms with Gasteiger partial charge in [0.2, 0.25) is 0 Å². The Morgan fingerprint density at radius 3 is 2.30 bits per heavy atom. The van der Waals surface area contributed by atoms with E-state index in [1.54, 1.807) is 0 Å². The van der Waals surface area contributed by atoms with Gasteiger partial charge < -0.3 is 4.98 Å². The third-order valence-electron chi connectivity index (χ3n) is 3.10. The van der Waals surface area contributed by atoms with Gasteiger partial charge in [-0.25, -0.2) is 13.2 Å². The van der Waals surface area contributed by atoms with Crippen molar-refractivity contribution in [2.24, 2.45) is 0 Å². The van der Waals surface area contributed by atoms with Crippen LogP contribution in [0.4, 0.5) is 13.2 Å². The van der Waals surface area contributed by atoms with Crippen LogP contribution in [0.15, 0.2) is 36.4 Å². The minimum Gasteiger partial charge on any atom is -0.354 e. The molecule has 0 aliphatic carbocycles. The molecule has 0 bridgehead atoms. The van der Waals surface area contributed by atoms with Crippen LogP contribution in [0.1, 0.15) is 10.4 Å². The van der Waals surface area contributed by atoms with Crippen molar-refractivity contribution in [2.75, 3.05) is 0 Å². The minimum atomic E-state index is -0.813. The summed E-state index contributed by atoms with van der Waals surface area (Å²) in [6, 6.07) is 7.21. The van der Waals surface area contributed by atoms with E-state index in [0.29, 0.717) is 17.5 Å². The molecule has 20 heavy (non-hydrogen) atoms. The molecule has 1 heterocycles. The van der Waals surface area contributed by atoms with Crippen LogP contribution in [0.5, 0.6) is 0 Å². The van der Waals surface area contributed by atoms with E-state index in [1.807, 2.05) is 0 Å². The summed E-state index contributed by atoms with van der Waals surface area (Å²) in [5, 5.41) is 0.0284. The Balaban J connectivity index is 2.33. The van der Waals surface area contributed by atoms with Gasteiger partial charge in [0.25, 0.3) is 0 Å². The molecule has 1 N–H and O–H groups in total. The first-order valence-corrected chi connectivity index (χ1v) is 5.82. The molecule has 2 aromatic carbocycles. The minimum absolute atomic E-state index is 0.0284. The molecule has 0 atom stereocenters. The van der Waals surface area contributed by atoms with Gasteiger partial charge in [-0.3, -0.25) is 4.79 Å². The third kappa shape index (κ3) is 1.87. The summed E-state index contributed by atoms with van der Waals surface area (Å²) in [5.41, 5.74) is 1.12. The van der Waals surface area contributed by atoms with E-state index >= 15 is 0 Å². The van der Waals surface area contributed by atoms with Gasteiger partial charge in [0.05, 0.1) is 16.8 Å². The highest BCUT2D eigenvalue weighted by molar-refractivity contribution is 6.04. The smallest absolute Gasteiger partial charge is 0.152 e. The average molecular weight is 275 g/mol. The van der Waals surface area contributed by atoms with Crippen LogP contribution in [0.3, 0.4) is 0 Å². The van der Waals surface area contributed by atoms with Crippen LogP contribution >= 0.6 is 0 Å². The Hall–Kier alpha value is -2.56. The highest BCUT2D eigenvalue weighted by atomic mass is 19.1. The first kappa shape index (κ1) is 12.5. The van der Waals surface area contributed by atoms with Crippen LogP contribution in [-0.2, 0) is 0 Å². The van der Waals surface area contributed by atoms with Crippen LogP contribution in [-0.4, -0.2) is 11.3 Å². The van der Waals surface area contributed by atoms with Gasteiger partial charge in [0.1, 0.15) is 17.5 Å². The lowest BCUT2D eigenvalue weighted by Crippen LogP contribution is -1.86. The summed E-state index contributed by atoms with van der Waals surface area (Å²) in [7, 11) is 0. The highest BCUT2D eigenvalue weighted by Crippen LogP contribution is 2.31. The summed E-state index contributed by atoms with van der Waals surface area (Å²) in [5.74, 6) is -1.97. The number of fused-ring (bicyclic) bond motifs is 1. The van der Waals surface area contributed by atoms with Gasteiger partial charge in [-0.2, -0.15) is 0 Å². The van der Waals surface area contributed by atoms with E-state index in [4.69, 9.17) is 0 Å². The van der Waals surface area contributed by atoms with Crippen molar-refractivity contribution in [3.8, 4) is 11.3 Å². The van der Waals surface area contributed by atoms with Crippen LogP contribution in [0.2, 0.25) is 0 Å². The van der Waals surface area contributed by atoms with E-state index in [0.717, 1.165) is 12.1 Å². The van der Waals surface area contributed by atoms with Crippen molar-refractivity contribution in [1.82, 2.24) is 4.98 Å². The van der Waals surface area contributed by atoms with Crippen molar-refractivity contribution in [3.05, 3.63) is 59.4 Å². The monoisotopic (exact) mass is 275 g/mol. The number of halogens is 3. The molecule has 0 amide bonds. The van der Waals surface area contributed by atoms with Crippen molar-refractivity contribution in [3.63, 3.8) is 0 Å². The fraction of sp³-hybridized carbons (Fsp3) is 0. The number of hydrogen-bond acceptors (Lipinski definition) is 1. The molecular weight excluding hydrogens is 267 g/mol. The number of carbonyl (C=O) groups excluding carboxylic acids is 1. The van der Waals surface area contributed by atoms with Gasteiger partial charge >= 0.3 is 0 Å². The number of benzene rings is 2. The molecule has 0 aliphatic rings. The number of aromatic amines is 1. The number of hydrogen-bond donors (Lipinski definition) is 1. The Morgan fingerprint density at radius 2 is 1.65 bits per heavy atom. The maximum absolute atomic E-state index is 13.8. The standard InChI is InChI=1S/C15H8F3NO/c16-9-3-1-8(2-4-9)15-11(7-20)14-12(18)5-10(17)6-13(14)19-15/h1-7,19H. The number of aldehydes is 1. The fourth-order valence-electron chi connectivity index (χ4n) is 2.24. The van der Waals surface area contributed by atoms with Crippen LogP contribution < -0.4 is 0 Å². The molecule has 3 rings (SSSR count). The molecule has 3 aromatic rings. The van der Waals surface area contributed by atoms with E-state index in [1.165, 1.54) is 24.3 Å². The third-order valence-corrected chi connectivity index (χ3v) is 3.10. The largest absolute Gasteiger partial charge is 0.354 e. The molecule has 0 aliphatic heterocycles. The molecule has 0 fully saturated rings. The van der Waals surface area contributed by atoms with Crippen molar-refractivity contribution in [2.45, 2.75) is 0 Å². The average Bonchev–Trinajstić information content (AvgIpc) is 2.78. The Kier molecular flexibility index (Phi) is 2.82. The lowest BCUT2D eigenvalue weighted by atomic mass is 10.1. The van der Waals surface area contributed by atoms with Gasteiger partial charge in [0, 0.05) is 11.5 Å². The normalized spacial score (nSPS) is 10.9. The van der Waals surface area contributed by atoms with Gasteiger partial charge in [-0.05, 0) is 35.9 Å². The molecule has 0 saturated heterocycles. The van der Waals surface area contributed by atoms with Crippen molar-refractivity contribution < 1.29 is 18.0 Å². The summed E-state index contributed by atoms with van der Waals surface area (Å²) in [6.07, 6.45) is 0.499. The molecule has 0 spiro atoms. The zero-order valence-electron chi connectivity index (χ0n) is 10.1. The SMILES string of the molecule is O=Cc1c(-c2ccc(F)cc2)[nH]c2cc(F)cc(F)c12. The van der Waals surface area contributed by atoms with Crippen LogP contribution in [0.25, 0.3) is 22.2 Å². The second kappa shape index (κ2) is 4.52. The van der Waals surface area contributed by atoms with Crippen molar-refractivity contribution >= 4 is 17.2 Å². The molecule has 2 nitrogen and oxygen atoms in total. The molecule has 0 saturated carbocycles. The molecular formula is C15H8F3NO. The van der Waals surface area contributed by atoms with E-state index in [2.05, 4.69) is 4.98 Å². The number of carbonyl (C=O) groups is 1. The molecule has 0 radical (unpaired) electrons. The summed E-state index contributed by atoms with van der Waals surface area (Å²) in [6.45, 7) is 0. The van der Waals surface area contributed by atoms with E-state index < -0.39 is 17.5 Å². The Morgan fingerprint density at radius 1 is 0.950 bits per heavy atom. The van der Waals surface area contributed by atoms with E-state index in [-0.39, 0.29) is 16.5 Å². The first-order valence-electron chi connectivity index (χ1n) is 5.82. The van der Waals surface area contributed by atoms with Gasteiger partial charge in [0.15, 0.2) is 6.29 Å². The lowest BCUT2D eigenvalue weighted by Gasteiger charge is -1.99. The molecule has 100 valence electrons. The topological polar surface area (TPSA) is 32.9 Å². The first-order chi connectivity index (χ1) is 9.60. The van der Waals surface area contributed by atoms with Crippen LogP contribution in [0, 0.1) is 17.5 Å². The summed E-state index contributed by atoms with van der Waals surface area (Å²) < 4.78 is 39.9. The van der Waals surface area contributed by atoms with Gasteiger partial charge in [-0.1, -0.05) is 0 Å².